The van der Waals surface area contributed by atoms with E-state index in [2.05, 4.69) is 0 Å². The van der Waals surface area contributed by atoms with E-state index in [-0.39, 0.29) is 17.1 Å². The summed E-state index contributed by atoms with van der Waals surface area (Å²) >= 11 is -1.65. The Kier molecular flexibility index (Phi) is 96.1. The van der Waals surface area contributed by atoms with Crippen molar-refractivity contribution >= 4 is 73.5 Å². The molecule has 4 nitrogen and oxygen atoms in total. The molecular weight excluding hydrogens is 571 g/mol. The van der Waals surface area contributed by atoms with Gasteiger partial charge in [0.1, 0.15) is 0 Å². The van der Waals surface area contributed by atoms with Crippen LogP contribution in [0.15, 0.2) is 0 Å². The smallest absolute Gasteiger partial charge is 0.677 e. The molecule has 0 heterocycles. The second-order valence-corrected chi connectivity index (χ2v) is 10.3. The molecule has 0 aromatic heterocycles. The molecule has 0 saturated carbocycles. The largest absolute Gasteiger partial charge is 2.00 e. The second kappa shape index (κ2) is 50.8. The van der Waals surface area contributed by atoms with Crippen LogP contribution in [-0.2, 0) is 17.1 Å². The van der Waals surface area contributed by atoms with E-state index in [4.69, 9.17) is 58.6 Å². The van der Waals surface area contributed by atoms with Gasteiger partial charge in [0, 0.05) is 0 Å². The molecule has 0 aromatic carbocycles. The van der Waals surface area contributed by atoms with Crippen LogP contribution in [0.3, 0.4) is 0 Å². The molecule has 0 aromatic rings. The Morgan fingerprint density at radius 2 is 0.706 bits per heavy atom. The Hall–Kier alpha value is 3.12. The fraction of sp³-hybridized carbons (Fsp3) is 1.00. The van der Waals surface area contributed by atoms with Gasteiger partial charge in [-0.15, -0.1) is 0 Å². The Balaban J connectivity index is -0.0000000381. The van der Waals surface area contributed by atoms with E-state index in [1.165, 1.54) is 0 Å². The molecule has 0 unspecified atom stereocenters. The average molecular weight is 587 g/mol. The monoisotopic (exact) mass is 587 g/mol. The number of hydrogen-bond donors (Lipinski definition) is 0. The SMILES string of the molecule is [Cl][Sn+][Cl].[Cl][Sn+][Cl].[Cu+2].[NH-]CCC[NH-].[NH-]CCC[NH-]. The van der Waals surface area contributed by atoms with Crippen LogP contribution in [0.4, 0.5) is 0 Å². The molecule has 17 heavy (non-hydrogen) atoms. The minimum Gasteiger partial charge on any atom is -0.677 e. The molecule has 107 valence electrons. The van der Waals surface area contributed by atoms with E-state index in [1.54, 1.807) is 0 Å². The topological polar surface area (TPSA) is 95.2 Å². The van der Waals surface area contributed by atoms with Gasteiger partial charge >= 0.3 is 90.5 Å². The molecule has 3 radical (unpaired) electrons. The van der Waals surface area contributed by atoms with Crippen molar-refractivity contribution in [3.05, 3.63) is 22.9 Å². The summed E-state index contributed by atoms with van der Waals surface area (Å²) in [5, 5.41) is 0. The summed E-state index contributed by atoms with van der Waals surface area (Å²) < 4.78 is 0. The molecule has 4 N–H and O–H groups in total. The minimum absolute atomic E-state index is 0. The molecule has 0 aliphatic carbocycles. The van der Waals surface area contributed by atoms with Crippen molar-refractivity contribution in [2.45, 2.75) is 12.8 Å². The average Bonchev–Trinajstić information content (AvgIpc) is 2.23. The van der Waals surface area contributed by atoms with Gasteiger partial charge in [0.2, 0.25) is 0 Å². The van der Waals surface area contributed by atoms with Crippen LogP contribution >= 0.6 is 35.7 Å². The van der Waals surface area contributed by atoms with E-state index in [1.807, 2.05) is 0 Å². The van der Waals surface area contributed by atoms with Gasteiger partial charge in [-0.3, -0.25) is 0 Å². The van der Waals surface area contributed by atoms with E-state index in [0.29, 0.717) is 26.2 Å². The van der Waals surface area contributed by atoms with Crippen LogP contribution in [0, 0.1) is 0 Å². The van der Waals surface area contributed by atoms with Crippen molar-refractivity contribution in [1.82, 2.24) is 0 Å². The van der Waals surface area contributed by atoms with Gasteiger partial charge in [0.25, 0.3) is 0 Å². The summed E-state index contributed by atoms with van der Waals surface area (Å²) in [4.78, 5) is 0. The summed E-state index contributed by atoms with van der Waals surface area (Å²) in [5.41, 5.74) is 25.9. The Bertz CT molecular complexity index is 72.0. The number of rotatable bonds is 4. The first-order valence-corrected chi connectivity index (χ1v) is 18.6. The maximum atomic E-state index is 6.48. The normalized spacial score (nSPS) is 6.59. The predicted molar refractivity (Wildman–Crippen MR) is 80.9 cm³/mol. The number of hydrogen-bond acceptors (Lipinski definition) is 0. The number of nitrogens with one attached hydrogen (secondary N) is 4. The van der Waals surface area contributed by atoms with Crippen molar-refractivity contribution in [3.63, 3.8) is 0 Å². The molecule has 0 fully saturated rings. The molecule has 0 saturated heterocycles. The first kappa shape index (κ1) is 32.2. The van der Waals surface area contributed by atoms with Crippen molar-refractivity contribution in [2.24, 2.45) is 0 Å². The van der Waals surface area contributed by atoms with Gasteiger partial charge in [-0.25, -0.2) is 0 Å². The third-order valence-electron chi connectivity index (χ3n) is 0.707. The Labute approximate surface area is 150 Å². The maximum absolute atomic E-state index is 6.48. The molecule has 0 amide bonds. The van der Waals surface area contributed by atoms with Gasteiger partial charge in [-0.2, -0.15) is 26.2 Å². The van der Waals surface area contributed by atoms with Gasteiger partial charge < -0.3 is 22.9 Å². The van der Waals surface area contributed by atoms with E-state index < -0.39 is 37.8 Å². The van der Waals surface area contributed by atoms with Gasteiger partial charge in [0.05, 0.1) is 0 Å². The summed E-state index contributed by atoms with van der Waals surface area (Å²) in [7, 11) is 19.7. The third-order valence-corrected chi connectivity index (χ3v) is 0.707. The third kappa shape index (κ3) is 111. The van der Waals surface area contributed by atoms with Crippen LogP contribution in [0.2, 0.25) is 0 Å². The first-order chi connectivity index (χ1) is 7.66. The van der Waals surface area contributed by atoms with Crippen molar-refractivity contribution in [3.8, 4) is 0 Å². The van der Waals surface area contributed by atoms with Gasteiger partial charge in [-0.05, 0) is 0 Å². The van der Waals surface area contributed by atoms with Crippen LogP contribution < -0.4 is 0 Å². The molecule has 11 heteroatoms. The van der Waals surface area contributed by atoms with E-state index in [0.717, 1.165) is 12.8 Å². The van der Waals surface area contributed by atoms with Crippen LogP contribution in [0.1, 0.15) is 12.8 Å². The first-order valence-electron chi connectivity index (χ1n) is 4.17. The van der Waals surface area contributed by atoms with Crippen LogP contribution in [0.25, 0.3) is 22.9 Å². The second-order valence-electron chi connectivity index (χ2n) is 1.85. The zero-order valence-electron chi connectivity index (χ0n) is 9.06. The Morgan fingerprint density at radius 1 is 0.588 bits per heavy atom. The molecule has 0 aliphatic rings. The fourth-order valence-corrected chi connectivity index (χ4v) is 0.177. The zero-order chi connectivity index (χ0) is 13.7. The predicted octanol–water partition coefficient (Wildman–Crippen LogP) is 4.96. The molecule has 0 atom stereocenters. The van der Waals surface area contributed by atoms with E-state index >= 15 is 0 Å². The molecule has 0 aliphatic heterocycles. The van der Waals surface area contributed by atoms with Gasteiger partial charge in [-0.1, -0.05) is 12.8 Å². The molecule has 0 spiro atoms. The van der Waals surface area contributed by atoms with Gasteiger partial charge in [0.15, 0.2) is 0 Å². The van der Waals surface area contributed by atoms with Crippen molar-refractivity contribution < 1.29 is 17.1 Å². The summed E-state index contributed by atoms with van der Waals surface area (Å²) in [6.07, 6.45) is 1.44. The number of halogens is 4. The summed E-state index contributed by atoms with van der Waals surface area (Å²) in [5.74, 6) is 0. The quantitative estimate of drug-likeness (QED) is 0.417. The molecule has 0 rings (SSSR count). The standard InChI is InChI=1S/2C3H8N2.4ClH.Cu.2Sn/c2*4-2-1-3-5;;;;;;;/h2*4-5H,1-3H2;4*1H;;;/q2*-2;;;;;+2;2*+3/p-4. The Morgan fingerprint density at radius 3 is 0.706 bits per heavy atom. The van der Waals surface area contributed by atoms with Crippen molar-refractivity contribution in [2.75, 3.05) is 26.2 Å². The molecular formula is C6H16Cl4CuN4Sn2. The minimum atomic E-state index is -0.826. The zero-order valence-corrected chi connectivity index (χ0v) is 18.7. The summed E-state index contributed by atoms with van der Waals surface area (Å²) in [6, 6.07) is 0. The van der Waals surface area contributed by atoms with Crippen LogP contribution in [-0.4, -0.2) is 64.0 Å². The van der Waals surface area contributed by atoms with E-state index in [9.17, 15) is 0 Å². The van der Waals surface area contributed by atoms with Crippen molar-refractivity contribution in [1.29, 1.82) is 0 Å². The fourth-order valence-electron chi connectivity index (χ4n) is 0.177. The summed E-state index contributed by atoms with van der Waals surface area (Å²) in [6.45, 7) is 1.62. The maximum Gasteiger partial charge on any atom is 2.00 e. The van der Waals surface area contributed by atoms with Crippen LogP contribution in [0.5, 0.6) is 0 Å². The molecule has 0 bridgehead atoms.